The molecule has 1 heterocycles. The molecule has 3 unspecified atom stereocenters. The van der Waals surface area contributed by atoms with Crippen LogP contribution >= 0.6 is 11.8 Å². The molecule has 1 aliphatic heterocycles. The van der Waals surface area contributed by atoms with Crippen molar-refractivity contribution in [1.29, 1.82) is 0 Å². The monoisotopic (exact) mass is 254 g/mol. The summed E-state index contributed by atoms with van der Waals surface area (Å²) in [4.78, 5) is 2.61. The van der Waals surface area contributed by atoms with Gasteiger partial charge in [-0.2, -0.15) is 0 Å². The third-order valence-corrected chi connectivity index (χ3v) is 4.72. The van der Waals surface area contributed by atoms with Crippen LogP contribution < -0.4 is 5.32 Å². The zero-order chi connectivity index (χ0) is 12.7. The minimum absolute atomic E-state index is 0.680. The first-order valence-electron chi connectivity index (χ1n) is 6.69. The molecular formula is C14H26N2S. The van der Waals surface area contributed by atoms with Crippen LogP contribution in [0, 0.1) is 18.3 Å². The van der Waals surface area contributed by atoms with Crippen LogP contribution in [0.25, 0.3) is 0 Å². The first-order chi connectivity index (χ1) is 8.20. The van der Waals surface area contributed by atoms with E-state index in [4.69, 9.17) is 6.42 Å². The Kier molecular flexibility index (Phi) is 7.03. The van der Waals surface area contributed by atoms with Crippen molar-refractivity contribution in [3.63, 3.8) is 0 Å². The lowest BCUT2D eigenvalue weighted by atomic mass is 9.87. The number of terminal acetylenes is 1. The second-order valence-corrected chi connectivity index (χ2v) is 5.95. The molecule has 0 aromatic carbocycles. The standard InChI is InChI=1S/C14H26N2S/c1-5-10-17-11-9-16-8-7-14(15-6-2)12(3)13(16)4/h1,12-15H,6-11H2,2-4H3. The van der Waals surface area contributed by atoms with Crippen molar-refractivity contribution in [2.45, 2.75) is 39.3 Å². The van der Waals surface area contributed by atoms with Crippen molar-refractivity contribution >= 4 is 11.8 Å². The average molecular weight is 254 g/mol. The lowest BCUT2D eigenvalue weighted by Gasteiger charge is -2.43. The highest BCUT2D eigenvalue weighted by Gasteiger charge is 2.31. The second-order valence-electron chi connectivity index (χ2n) is 4.85. The average Bonchev–Trinajstić information content (AvgIpc) is 2.33. The predicted octanol–water partition coefficient (Wildman–Crippen LogP) is 2.06. The summed E-state index contributed by atoms with van der Waals surface area (Å²) in [5.41, 5.74) is 0. The lowest BCUT2D eigenvalue weighted by Crippen LogP contribution is -2.53. The molecule has 0 bridgehead atoms. The summed E-state index contributed by atoms with van der Waals surface area (Å²) in [6, 6.07) is 1.38. The largest absolute Gasteiger partial charge is 0.314 e. The van der Waals surface area contributed by atoms with Gasteiger partial charge in [-0.1, -0.05) is 19.8 Å². The lowest BCUT2D eigenvalue weighted by molar-refractivity contribution is 0.0919. The number of likely N-dealkylation sites (tertiary alicyclic amines) is 1. The Morgan fingerprint density at radius 3 is 2.88 bits per heavy atom. The van der Waals surface area contributed by atoms with Gasteiger partial charge in [0.05, 0.1) is 5.75 Å². The van der Waals surface area contributed by atoms with Gasteiger partial charge >= 0.3 is 0 Å². The van der Waals surface area contributed by atoms with Gasteiger partial charge in [0.2, 0.25) is 0 Å². The van der Waals surface area contributed by atoms with Crippen LogP contribution in [0.15, 0.2) is 0 Å². The number of nitrogens with zero attached hydrogens (tertiary/aromatic N) is 1. The summed E-state index contributed by atoms with van der Waals surface area (Å²) in [6.07, 6.45) is 6.53. The molecule has 1 rings (SSSR count). The Morgan fingerprint density at radius 1 is 1.47 bits per heavy atom. The number of thioether (sulfide) groups is 1. The molecule has 0 aliphatic carbocycles. The zero-order valence-corrected chi connectivity index (χ0v) is 12.2. The summed E-state index contributed by atoms with van der Waals surface area (Å²) < 4.78 is 0. The molecule has 1 N–H and O–H groups in total. The molecule has 0 radical (unpaired) electrons. The summed E-state index contributed by atoms with van der Waals surface area (Å²) >= 11 is 1.87. The maximum Gasteiger partial charge on any atom is 0.0545 e. The van der Waals surface area contributed by atoms with Crippen LogP contribution in [0.1, 0.15) is 27.2 Å². The van der Waals surface area contributed by atoms with E-state index in [0.29, 0.717) is 12.1 Å². The molecular weight excluding hydrogens is 228 g/mol. The van der Waals surface area contributed by atoms with E-state index in [-0.39, 0.29) is 0 Å². The quantitative estimate of drug-likeness (QED) is 0.577. The number of nitrogens with one attached hydrogen (secondary N) is 1. The van der Waals surface area contributed by atoms with E-state index in [9.17, 15) is 0 Å². The Bertz CT molecular complexity index is 249. The summed E-state index contributed by atoms with van der Waals surface area (Å²) in [6.45, 7) is 10.4. The van der Waals surface area contributed by atoms with Crippen molar-refractivity contribution in [3.8, 4) is 12.3 Å². The molecule has 98 valence electrons. The Labute approximate surface area is 111 Å². The van der Waals surface area contributed by atoms with Gasteiger partial charge in [-0.25, -0.2) is 0 Å². The van der Waals surface area contributed by atoms with Crippen molar-refractivity contribution in [2.75, 3.05) is 31.1 Å². The van der Waals surface area contributed by atoms with Crippen LogP contribution in [0.5, 0.6) is 0 Å². The van der Waals surface area contributed by atoms with Gasteiger partial charge in [-0.05, 0) is 32.4 Å². The highest BCUT2D eigenvalue weighted by Crippen LogP contribution is 2.23. The third kappa shape index (κ3) is 4.54. The van der Waals surface area contributed by atoms with Gasteiger partial charge in [0, 0.05) is 24.4 Å². The molecule has 0 aromatic rings. The van der Waals surface area contributed by atoms with Crippen LogP contribution in [0.2, 0.25) is 0 Å². The van der Waals surface area contributed by atoms with E-state index in [0.717, 1.165) is 24.0 Å². The highest BCUT2D eigenvalue weighted by atomic mass is 32.2. The van der Waals surface area contributed by atoms with Gasteiger partial charge in [0.25, 0.3) is 0 Å². The van der Waals surface area contributed by atoms with E-state index in [1.54, 1.807) is 0 Å². The smallest absolute Gasteiger partial charge is 0.0545 e. The Morgan fingerprint density at radius 2 is 2.24 bits per heavy atom. The second kappa shape index (κ2) is 8.02. The maximum absolute atomic E-state index is 5.26. The van der Waals surface area contributed by atoms with E-state index in [1.807, 2.05) is 11.8 Å². The molecule has 2 nitrogen and oxygen atoms in total. The molecule has 1 fully saturated rings. The minimum atomic E-state index is 0.680. The Balaban J connectivity index is 2.32. The zero-order valence-electron chi connectivity index (χ0n) is 11.4. The first kappa shape index (κ1) is 14.9. The number of hydrogen-bond acceptors (Lipinski definition) is 3. The fourth-order valence-corrected chi connectivity index (χ4v) is 3.24. The fraction of sp³-hybridized carbons (Fsp3) is 0.857. The Hall–Kier alpha value is -0.170. The molecule has 3 heteroatoms. The van der Waals surface area contributed by atoms with Crippen LogP contribution in [-0.2, 0) is 0 Å². The first-order valence-corrected chi connectivity index (χ1v) is 7.84. The van der Waals surface area contributed by atoms with Gasteiger partial charge in [-0.15, -0.1) is 18.2 Å². The number of rotatable bonds is 6. The third-order valence-electron chi connectivity index (χ3n) is 3.87. The minimum Gasteiger partial charge on any atom is -0.314 e. The molecule has 0 amide bonds. The molecule has 1 saturated heterocycles. The van der Waals surface area contributed by atoms with Crippen LogP contribution in [0.3, 0.4) is 0 Å². The molecule has 1 aliphatic rings. The fourth-order valence-electron chi connectivity index (χ4n) is 2.62. The summed E-state index contributed by atoms with van der Waals surface area (Å²) in [5.74, 6) is 5.43. The SMILES string of the molecule is C#CCSCCN1CCC(NCC)C(C)C1C. The highest BCUT2D eigenvalue weighted by molar-refractivity contribution is 7.99. The van der Waals surface area contributed by atoms with Crippen molar-refractivity contribution in [1.82, 2.24) is 10.2 Å². The number of hydrogen-bond donors (Lipinski definition) is 1. The number of piperidine rings is 1. The molecule has 3 atom stereocenters. The molecule has 17 heavy (non-hydrogen) atoms. The summed E-state index contributed by atoms with van der Waals surface area (Å²) in [5, 5.41) is 3.60. The van der Waals surface area contributed by atoms with Crippen molar-refractivity contribution in [2.24, 2.45) is 5.92 Å². The van der Waals surface area contributed by atoms with Gasteiger partial charge in [0.1, 0.15) is 0 Å². The van der Waals surface area contributed by atoms with Crippen molar-refractivity contribution in [3.05, 3.63) is 0 Å². The van der Waals surface area contributed by atoms with E-state index in [2.05, 4.69) is 36.9 Å². The normalized spacial score (nSPS) is 30.1. The van der Waals surface area contributed by atoms with Gasteiger partial charge in [0.15, 0.2) is 0 Å². The van der Waals surface area contributed by atoms with Gasteiger partial charge < -0.3 is 5.32 Å². The van der Waals surface area contributed by atoms with Crippen LogP contribution in [-0.4, -0.2) is 48.1 Å². The summed E-state index contributed by atoms with van der Waals surface area (Å²) in [7, 11) is 0. The maximum atomic E-state index is 5.26. The van der Waals surface area contributed by atoms with E-state index >= 15 is 0 Å². The van der Waals surface area contributed by atoms with E-state index < -0.39 is 0 Å². The predicted molar refractivity (Wildman–Crippen MR) is 78.4 cm³/mol. The van der Waals surface area contributed by atoms with E-state index in [1.165, 1.54) is 19.5 Å². The molecule has 0 spiro atoms. The van der Waals surface area contributed by atoms with Crippen molar-refractivity contribution < 1.29 is 0 Å². The van der Waals surface area contributed by atoms with Gasteiger partial charge in [-0.3, -0.25) is 4.90 Å². The molecule has 0 saturated carbocycles. The topological polar surface area (TPSA) is 15.3 Å². The molecule has 0 aromatic heterocycles. The van der Waals surface area contributed by atoms with Crippen LogP contribution in [0.4, 0.5) is 0 Å².